The summed E-state index contributed by atoms with van der Waals surface area (Å²) < 4.78 is 42.6. The van der Waals surface area contributed by atoms with E-state index in [0.717, 1.165) is 24.9 Å². The summed E-state index contributed by atoms with van der Waals surface area (Å²) in [6.45, 7) is 4.92. The molecule has 2 atom stereocenters. The predicted molar refractivity (Wildman–Crippen MR) is 79.6 cm³/mol. The number of hydrogen-bond acceptors (Lipinski definition) is 3. The van der Waals surface area contributed by atoms with Crippen molar-refractivity contribution in [2.75, 3.05) is 11.9 Å². The standard InChI is InChI=1S/C15H20F3NOS/c1-3-14(2)10-12(8-9-20-14)19-11-4-6-13(7-5-11)21-15(16,17)18/h4-7,12,19H,3,8-10H2,1-2H3. The normalized spacial score (nSPS) is 26.6. The number of halogens is 3. The molecule has 1 N–H and O–H groups in total. The first-order valence-corrected chi connectivity index (χ1v) is 7.88. The zero-order chi connectivity index (χ0) is 15.5. The summed E-state index contributed by atoms with van der Waals surface area (Å²) in [7, 11) is 0. The van der Waals surface area contributed by atoms with Gasteiger partial charge in [0.05, 0.1) is 5.60 Å². The molecular formula is C15H20F3NOS. The van der Waals surface area contributed by atoms with Crippen LogP contribution in [0.3, 0.4) is 0 Å². The topological polar surface area (TPSA) is 21.3 Å². The van der Waals surface area contributed by atoms with E-state index < -0.39 is 5.51 Å². The van der Waals surface area contributed by atoms with Crippen LogP contribution in [0.15, 0.2) is 29.2 Å². The first-order chi connectivity index (χ1) is 9.80. The highest BCUT2D eigenvalue weighted by atomic mass is 32.2. The fraction of sp³-hybridized carbons (Fsp3) is 0.600. The van der Waals surface area contributed by atoms with E-state index in [4.69, 9.17) is 4.74 Å². The van der Waals surface area contributed by atoms with Crippen molar-refractivity contribution in [3.8, 4) is 0 Å². The van der Waals surface area contributed by atoms with E-state index in [1.165, 1.54) is 12.1 Å². The lowest BCUT2D eigenvalue weighted by atomic mass is 9.90. The molecule has 1 aromatic carbocycles. The summed E-state index contributed by atoms with van der Waals surface area (Å²) in [6, 6.07) is 6.70. The van der Waals surface area contributed by atoms with Gasteiger partial charge in [-0.1, -0.05) is 6.92 Å². The Hall–Kier alpha value is -0.880. The maximum atomic E-state index is 12.3. The Morgan fingerprint density at radius 2 is 2.00 bits per heavy atom. The quantitative estimate of drug-likeness (QED) is 0.784. The van der Waals surface area contributed by atoms with Gasteiger partial charge < -0.3 is 10.1 Å². The lowest BCUT2D eigenvalue weighted by Gasteiger charge is -2.38. The molecule has 21 heavy (non-hydrogen) atoms. The molecule has 0 spiro atoms. The van der Waals surface area contributed by atoms with E-state index in [2.05, 4.69) is 19.2 Å². The number of anilines is 1. The Morgan fingerprint density at radius 1 is 1.33 bits per heavy atom. The van der Waals surface area contributed by atoms with Crippen molar-refractivity contribution in [3.05, 3.63) is 24.3 Å². The van der Waals surface area contributed by atoms with Gasteiger partial charge in [0, 0.05) is 23.2 Å². The van der Waals surface area contributed by atoms with Crippen molar-refractivity contribution in [3.63, 3.8) is 0 Å². The zero-order valence-electron chi connectivity index (χ0n) is 12.2. The van der Waals surface area contributed by atoms with Crippen LogP contribution in [0.4, 0.5) is 18.9 Å². The Kier molecular flexibility index (Phi) is 5.09. The Labute approximate surface area is 127 Å². The second kappa shape index (κ2) is 6.48. The maximum absolute atomic E-state index is 12.3. The van der Waals surface area contributed by atoms with Gasteiger partial charge in [-0.05, 0) is 62.2 Å². The smallest absolute Gasteiger partial charge is 0.382 e. The number of ether oxygens (including phenoxy) is 1. The number of rotatable bonds is 4. The largest absolute Gasteiger partial charge is 0.446 e. The van der Waals surface area contributed by atoms with E-state index in [1.54, 1.807) is 12.1 Å². The van der Waals surface area contributed by atoms with Crippen molar-refractivity contribution in [1.29, 1.82) is 0 Å². The lowest BCUT2D eigenvalue weighted by Crippen LogP contribution is -2.41. The molecule has 0 aliphatic carbocycles. The molecule has 0 bridgehead atoms. The minimum absolute atomic E-state index is 0.0889. The molecule has 1 aliphatic rings. The third kappa shape index (κ3) is 5.11. The van der Waals surface area contributed by atoms with Gasteiger partial charge in [0.25, 0.3) is 0 Å². The predicted octanol–water partition coefficient (Wildman–Crippen LogP) is 5.06. The SMILES string of the molecule is CCC1(C)CC(Nc2ccc(SC(F)(F)F)cc2)CCO1. The van der Waals surface area contributed by atoms with E-state index >= 15 is 0 Å². The van der Waals surface area contributed by atoms with Crippen molar-refractivity contribution < 1.29 is 17.9 Å². The molecule has 1 aromatic rings. The zero-order valence-corrected chi connectivity index (χ0v) is 13.0. The second-order valence-electron chi connectivity index (χ2n) is 5.56. The van der Waals surface area contributed by atoms with Gasteiger partial charge >= 0.3 is 5.51 Å². The van der Waals surface area contributed by atoms with Gasteiger partial charge in [0.1, 0.15) is 0 Å². The fourth-order valence-corrected chi connectivity index (χ4v) is 3.03. The number of alkyl halides is 3. The average Bonchev–Trinajstić information content (AvgIpc) is 2.40. The van der Waals surface area contributed by atoms with Gasteiger partial charge in [0.2, 0.25) is 0 Å². The number of thioether (sulfide) groups is 1. The van der Waals surface area contributed by atoms with E-state index in [1.807, 2.05) is 0 Å². The monoisotopic (exact) mass is 319 g/mol. The van der Waals surface area contributed by atoms with Crippen LogP contribution in [0, 0.1) is 0 Å². The van der Waals surface area contributed by atoms with Crippen LogP contribution in [-0.4, -0.2) is 23.8 Å². The van der Waals surface area contributed by atoms with Crippen LogP contribution < -0.4 is 5.32 Å². The van der Waals surface area contributed by atoms with E-state index in [9.17, 15) is 13.2 Å². The fourth-order valence-electron chi connectivity index (χ4n) is 2.49. The van der Waals surface area contributed by atoms with Crippen LogP contribution in [0.1, 0.15) is 33.1 Å². The molecule has 1 heterocycles. The molecule has 1 fully saturated rings. The molecule has 1 saturated heterocycles. The third-order valence-corrected chi connectivity index (χ3v) is 4.54. The molecule has 0 radical (unpaired) electrons. The number of nitrogens with one attached hydrogen (secondary N) is 1. The molecule has 2 nitrogen and oxygen atoms in total. The maximum Gasteiger partial charge on any atom is 0.446 e. The summed E-state index contributed by atoms with van der Waals surface area (Å²) >= 11 is -0.0889. The molecular weight excluding hydrogens is 299 g/mol. The molecule has 0 amide bonds. The van der Waals surface area contributed by atoms with Gasteiger partial charge in [-0.2, -0.15) is 13.2 Å². The van der Waals surface area contributed by atoms with E-state index in [-0.39, 0.29) is 22.3 Å². The van der Waals surface area contributed by atoms with Crippen LogP contribution in [-0.2, 0) is 4.74 Å². The van der Waals surface area contributed by atoms with Crippen LogP contribution in [0.25, 0.3) is 0 Å². The lowest BCUT2D eigenvalue weighted by molar-refractivity contribution is -0.0708. The number of benzene rings is 1. The minimum Gasteiger partial charge on any atom is -0.382 e. The van der Waals surface area contributed by atoms with Crippen molar-refractivity contribution >= 4 is 17.4 Å². The summed E-state index contributed by atoms with van der Waals surface area (Å²) in [5.74, 6) is 0. The first kappa shape index (κ1) is 16.5. The molecule has 6 heteroatoms. The summed E-state index contributed by atoms with van der Waals surface area (Å²) in [5.41, 5.74) is -3.49. The van der Waals surface area contributed by atoms with E-state index in [0.29, 0.717) is 12.6 Å². The third-order valence-electron chi connectivity index (χ3n) is 3.80. The molecule has 0 aromatic heterocycles. The number of hydrogen-bond donors (Lipinski definition) is 1. The highest BCUT2D eigenvalue weighted by molar-refractivity contribution is 8.00. The van der Waals surface area contributed by atoms with Crippen molar-refractivity contribution in [2.24, 2.45) is 0 Å². The summed E-state index contributed by atoms with van der Waals surface area (Å²) in [6.07, 6.45) is 2.77. The molecule has 2 unspecified atom stereocenters. The van der Waals surface area contributed by atoms with Crippen LogP contribution in [0.2, 0.25) is 0 Å². The van der Waals surface area contributed by atoms with Gasteiger partial charge in [-0.15, -0.1) is 0 Å². The summed E-state index contributed by atoms with van der Waals surface area (Å²) in [4.78, 5) is 0.207. The average molecular weight is 319 g/mol. The Balaban J connectivity index is 1.94. The van der Waals surface area contributed by atoms with Crippen molar-refractivity contribution in [1.82, 2.24) is 0 Å². The van der Waals surface area contributed by atoms with Gasteiger partial charge in [0.15, 0.2) is 0 Å². The van der Waals surface area contributed by atoms with Gasteiger partial charge in [-0.25, -0.2) is 0 Å². The van der Waals surface area contributed by atoms with Crippen molar-refractivity contribution in [2.45, 2.75) is 55.2 Å². The first-order valence-electron chi connectivity index (χ1n) is 7.06. The highest BCUT2D eigenvalue weighted by Crippen LogP contribution is 2.37. The molecule has 1 aliphatic heterocycles. The highest BCUT2D eigenvalue weighted by Gasteiger charge is 2.32. The Morgan fingerprint density at radius 3 is 2.57 bits per heavy atom. The molecule has 0 saturated carbocycles. The summed E-state index contributed by atoms with van der Waals surface area (Å²) in [5, 5.41) is 3.39. The van der Waals surface area contributed by atoms with Crippen LogP contribution >= 0.6 is 11.8 Å². The molecule has 118 valence electrons. The molecule has 2 rings (SSSR count). The van der Waals surface area contributed by atoms with Gasteiger partial charge in [-0.3, -0.25) is 0 Å². The second-order valence-corrected chi connectivity index (χ2v) is 6.70. The minimum atomic E-state index is -4.24. The Bertz CT molecular complexity index is 463. The van der Waals surface area contributed by atoms with Crippen LogP contribution in [0.5, 0.6) is 0 Å².